The molecule has 2 unspecified atom stereocenters. The zero-order valence-corrected chi connectivity index (χ0v) is 12.0. The Kier molecular flexibility index (Phi) is 3.20. The van der Waals surface area contributed by atoms with Crippen LogP contribution in [0.15, 0.2) is 30.3 Å². The largest absolute Gasteiger partial charge is 0.487 e. The van der Waals surface area contributed by atoms with E-state index in [0.717, 1.165) is 41.0 Å². The minimum atomic E-state index is 0.226. The second-order valence-electron chi connectivity index (χ2n) is 5.61. The first-order chi connectivity index (χ1) is 10.3. The van der Waals surface area contributed by atoms with Crippen LogP contribution in [0.5, 0.6) is 11.5 Å². The van der Waals surface area contributed by atoms with E-state index in [1.807, 2.05) is 12.1 Å². The van der Waals surface area contributed by atoms with Gasteiger partial charge in [0.05, 0.1) is 13.2 Å². The number of hydrogen-bond acceptors (Lipinski definition) is 4. The number of rotatable bonds is 6. The van der Waals surface area contributed by atoms with Crippen molar-refractivity contribution in [2.45, 2.75) is 19.1 Å². The number of epoxide rings is 2. The first-order valence-electron chi connectivity index (χ1n) is 7.32. The Balaban J connectivity index is 1.71. The minimum absolute atomic E-state index is 0.226. The molecule has 0 aliphatic carbocycles. The molecule has 4 nitrogen and oxygen atoms in total. The highest BCUT2D eigenvalue weighted by Gasteiger charge is 2.27. The zero-order valence-electron chi connectivity index (χ0n) is 12.0. The highest BCUT2D eigenvalue weighted by Crippen LogP contribution is 2.39. The summed E-state index contributed by atoms with van der Waals surface area (Å²) in [6, 6.07) is 10.4. The smallest absolute Gasteiger partial charge is 0.169 e. The summed E-state index contributed by atoms with van der Waals surface area (Å²) in [4.78, 5) is 0. The van der Waals surface area contributed by atoms with Crippen LogP contribution in [0, 0.1) is 6.92 Å². The fourth-order valence-corrected chi connectivity index (χ4v) is 2.43. The van der Waals surface area contributed by atoms with Gasteiger partial charge in [-0.05, 0) is 23.9 Å². The van der Waals surface area contributed by atoms with Crippen molar-refractivity contribution < 1.29 is 18.9 Å². The van der Waals surface area contributed by atoms with E-state index in [-0.39, 0.29) is 12.2 Å². The third kappa shape index (κ3) is 2.82. The van der Waals surface area contributed by atoms with Gasteiger partial charge in [-0.1, -0.05) is 24.3 Å². The van der Waals surface area contributed by atoms with E-state index in [4.69, 9.17) is 18.9 Å². The Labute approximate surface area is 123 Å². The van der Waals surface area contributed by atoms with E-state index >= 15 is 0 Å². The van der Waals surface area contributed by atoms with Crippen molar-refractivity contribution in [1.29, 1.82) is 0 Å². The summed E-state index contributed by atoms with van der Waals surface area (Å²) < 4.78 is 22.4. The summed E-state index contributed by atoms with van der Waals surface area (Å²) in [6.45, 7) is 4.78. The molecular formula is C17H18O4. The van der Waals surface area contributed by atoms with Crippen LogP contribution in [-0.2, 0) is 9.47 Å². The molecule has 4 heteroatoms. The maximum Gasteiger partial charge on any atom is 0.169 e. The topological polar surface area (TPSA) is 43.5 Å². The van der Waals surface area contributed by atoms with Crippen molar-refractivity contribution in [3.05, 3.63) is 35.9 Å². The Morgan fingerprint density at radius 2 is 1.62 bits per heavy atom. The number of hydrogen-bond donors (Lipinski definition) is 0. The molecule has 0 aromatic heterocycles. The lowest BCUT2D eigenvalue weighted by atomic mass is 10.1. The molecule has 2 aromatic rings. The van der Waals surface area contributed by atoms with Crippen molar-refractivity contribution in [3.8, 4) is 11.5 Å². The van der Waals surface area contributed by atoms with Crippen LogP contribution >= 0.6 is 0 Å². The van der Waals surface area contributed by atoms with E-state index in [2.05, 4.69) is 25.1 Å². The Bertz CT molecular complexity index is 659. The molecule has 0 N–H and O–H groups in total. The van der Waals surface area contributed by atoms with Crippen LogP contribution in [0.1, 0.15) is 5.56 Å². The van der Waals surface area contributed by atoms with Gasteiger partial charge in [-0.3, -0.25) is 0 Å². The highest BCUT2D eigenvalue weighted by atomic mass is 16.6. The van der Waals surface area contributed by atoms with Gasteiger partial charge in [-0.2, -0.15) is 0 Å². The number of fused-ring (bicyclic) bond motifs is 1. The van der Waals surface area contributed by atoms with Gasteiger partial charge in [0.2, 0.25) is 0 Å². The van der Waals surface area contributed by atoms with E-state index < -0.39 is 0 Å². The van der Waals surface area contributed by atoms with Gasteiger partial charge in [-0.25, -0.2) is 0 Å². The van der Waals surface area contributed by atoms with Crippen molar-refractivity contribution in [1.82, 2.24) is 0 Å². The Hall–Kier alpha value is -1.78. The van der Waals surface area contributed by atoms with Gasteiger partial charge < -0.3 is 18.9 Å². The van der Waals surface area contributed by atoms with E-state index in [1.165, 1.54) is 0 Å². The fraction of sp³-hybridized carbons (Fsp3) is 0.412. The molecule has 0 spiro atoms. The first kappa shape index (κ1) is 12.9. The molecular weight excluding hydrogens is 268 g/mol. The summed E-state index contributed by atoms with van der Waals surface area (Å²) in [6.07, 6.45) is 0.458. The summed E-state index contributed by atoms with van der Waals surface area (Å²) in [5.74, 6) is 1.65. The third-order valence-electron chi connectivity index (χ3n) is 3.77. The number of benzene rings is 2. The molecule has 0 amide bonds. The second-order valence-corrected chi connectivity index (χ2v) is 5.61. The molecule has 0 bridgehead atoms. The monoisotopic (exact) mass is 286 g/mol. The average molecular weight is 286 g/mol. The van der Waals surface area contributed by atoms with Crippen LogP contribution in [0.4, 0.5) is 0 Å². The van der Waals surface area contributed by atoms with Crippen molar-refractivity contribution >= 4 is 10.8 Å². The molecule has 21 heavy (non-hydrogen) atoms. The molecule has 2 saturated heterocycles. The number of ether oxygens (including phenoxy) is 4. The molecule has 0 saturated carbocycles. The summed E-state index contributed by atoms with van der Waals surface area (Å²) in [5, 5.41) is 2.24. The van der Waals surface area contributed by atoms with E-state index in [0.29, 0.717) is 13.2 Å². The zero-order chi connectivity index (χ0) is 14.2. The van der Waals surface area contributed by atoms with Crippen molar-refractivity contribution in [2.24, 2.45) is 0 Å². The predicted octanol–water partition coefficient (Wildman–Crippen LogP) is 2.70. The molecule has 2 aromatic carbocycles. The van der Waals surface area contributed by atoms with E-state index in [1.54, 1.807) is 0 Å². The maximum atomic E-state index is 6.02. The molecule has 110 valence electrons. The average Bonchev–Trinajstić information content (AvgIpc) is 3.37. The van der Waals surface area contributed by atoms with Crippen LogP contribution in [0.2, 0.25) is 0 Å². The first-order valence-corrected chi connectivity index (χ1v) is 7.32. The van der Waals surface area contributed by atoms with Crippen LogP contribution in [-0.4, -0.2) is 38.6 Å². The highest BCUT2D eigenvalue weighted by molar-refractivity contribution is 5.91. The van der Waals surface area contributed by atoms with Crippen LogP contribution < -0.4 is 9.47 Å². The second kappa shape index (κ2) is 5.20. The standard InChI is InChI=1S/C17H18O4/c1-11-6-12-4-2-3-5-15(12)17(21-10-14-8-19-14)16(11)20-9-13-7-18-13/h2-6,13-14H,7-10H2,1H3. The van der Waals surface area contributed by atoms with E-state index in [9.17, 15) is 0 Å². The SMILES string of the molecule is Cc1cc2ccccc2c(OCC2CO2)c1OCC1CO1. The van der Waals surface area contributed by atoms with Gasteiger partial charge in [0.25, 0.3) is 0 Å². The van der Waals surface area contributed by atoms with Gasteiger partial charge in [0.1, 0.15) is 25.4 Å². The lowest BCUT2D eigenvalue weighted by molar-refractivity contribution is 0.229. The molecule has 4 rings (SSSR count). The minimum Gasteiger partial charge on any atom is -0.487 e. The lowest BCUT2D eigenvalue weighted by Gasteiger charge is -2.17. The van der Waals surface area contributed by atoms with Crippen LogP contribution in [0.3, 0.4) is 0 Å². The molecule has 2 fully saturated rings. The Morgan fingerprint density at radius 3 is 2.29 bits per heavy atom. The molecule has 0 radical (unpaired) electrons. The van der Waals surface area contributed by atoms with Gasteiger partial charge >= 0.3 is 0 Å². The van der Waals surface area contributed by atoms with Gasteiger partial charge in [0.15, 0.2) is 11.5 Å². The lowest BCUT2D eigenvalue weighted by Crippen LogP contribution is -2.10. The van der Waals surface area contributed by atoms with Crippen molar-refractivity contribution in [3.63, 3.8) is 0 Å². The quantitative estimate of drug-likeness (QED) is 0.766. The summed E-state index contributed by atoms with van der Waals surface area (Å²) >= 11 is 0. The molecule has 2 atom stereocenters. The molecule has 2 aliphatic rings. The predicted molar refractivity (Wildman–Crippen MR) is 79.2 cm³/mol. The maximum absolute atomic E-state index is 6.02. The third-order valence-corrected chi connectivity index (χ3v) is 3.77. The van der Waals surface area contributed by atoms with Crippen LogP contribution in [0.25, 0.3) is 10.8 Å². The molecule has 2 aliphatic heterocycles. The van der Waals surface area contributed by atoms with Crippen molar-refractivity contribution in [2.75, 3.05) is 26.4 Å². The van der Waals surface area contributed by atoms with Gasteiger partial charge in [-0.15, -0.1) is 0 Å². The normalized spacial score (nSPS) is 23.1. The fourth-order valence-electron chi connectivity index (χ4n) is 2.43. The molecule has 2 heterocycles. The number of aryl methyl sites for hydroxylation is 1. The Morgan fingerprint density at radius 1 is 1.00 bits per heavy atom. The van der Waals surface area contributed by atoms with Gasteiger partial charge in [0, 0.05) is 5.39 Å². The summed E-state index contributed by atoms with van der Waals surface area (Å²) in [7, 11) is 0. The summed E-state index contributed by atoms with van der Waals surface area (Å²) in [5.41, 5.74) is 1.08.